The molecule has 0 aliphatic carbocycles. The largest absolute Gasteiger partial charge is 0.385 e. The minimum atomic E-state index is 0.0736. The van der Waals surface area contributed by atoms with E-state index in [2.05, 4.69) is 31.1 Å². The summed E-state index contributed by atoms with van der Waals surface area (Å²) in [7, 11) is 0. The smallest absolute Gasteiger partial charge is 0.130 e. The highest BCUT2D eigenvalue weighted by Gasteiger charge is 2.16. The molecule has 0 atom stereocenters. The molecule has 0 spiro atoms. The summed E-state index contributed by atoms with van der Waals surface area (Å²) in [6.07, 6.45) is 1.51. The SMILES string of the molecule is CC(C)(C)CNC(=N)c1c(C#N)c[nH]c1N. The second-order valence-corrected chi connectivity index (χ2v) is 4.89. The second-order valence-electron chi connectivity index (χ2n) is 4.89. The maximum absolute atomic E-state index is 8.86. The molecule has 0 saturated carbocycles. The quantitative estimate of drug-likeness (QED) is 0.447. The molecule has 5 heteroatoms. The van der Waals surface area contributed by atoms with Crippen molar-refractivity contribution in [3.05, 3.63) is 17.3 Å². The van der Waals surface area contributed by atoms with Crippen LogP contribution in [0.2, 0.25) is 0 Å². The van der Waals surface area contributed by atoms with Crippen molar-refractivity contribution in [1.82, 2.24) is 10.3 Å². The molecule has 1 heterocycles. The number of amidine groups is 1. The molecule has 0 saturated heterocycles. The molecular formula is C11H17N5. The standard InChI is InChI=1S/C11H17N5/c1-11(2,3)6-16-10(14)8-7(4-12)5-15-9(8)13/h5,15H,6,13H2,1-3H3,(H2,14,16). The van der Waals surface area contributed by atoms with Gasteiger partial charge >= 0.3 is 0 Å². The van der Waals surface area contributed by atoms with Crippen molar-refractivity contribution < 1.29 is 0 Å². The van der Waals surface area contributed by atoms with Crippen molar-refractivity contribution >= 4 is 11.7 Å². The van der Waals surface area contributed by atoms with Gasteiger partial charge in [-0.2, -0.15) is 5.26 Å². The zero-order valence-electron chi connectivity index (χ0n) is 9.81. The van der Waals surface area contributed by atoms with Gasteiger partial charge in [0.15, 0.2) is 0 Å². The summed E-state index contributed by atoms with van der Waals surface area (Å²) in [5.41, 5.74) is 6.59. The molecule has 1 aromatic heterocycles. The fourth-order valence-corrected chi connectivity index (χ4v) is 1.24. The summed E-state index contributed by atoms with van der Waals surface area (Å²) in [4.78, 5) is 2.74. The average molecular weight is 219 g/mol. The number of aromatic amines is 1. The first-order valence-corrected chi connectivity index (χ1v) is 5.05. The fourth-order valence-electron chi connectivity index (χ4n) is 1.24. The van der Waals surface area contributed by atoms with E-state index in [1.165, 1.54) is 6.20 Å². The minimum Gasteiger partial charge on any atom is -0.385 e. The number of nitrogens with zero attached hydrogens (tertiary/aromatic N) is 1. The van der Waals surface area contributed by atoms with Crippen molar-refractivity contribution in [3.63, 3.8) is 0 Å². The first-order chi connectivity index (χ1) is 7.35. The highest BCUT2D eigenvalue weighted by molar-refractivity contribution is 6.02. The van der Waals surface area contributed by atoms with Gasteiger partial charge in [0.05, 0.1) is 11.1 Å². The van der Waals surface area contributed by atoms with Gasteiger partial charge in [-0.1, -0.05) is 20.8 Å². The van der Waals surface area contributed by atoms with Crippen LogP contribution >= 0.6 is 0 Å². The number of hydrogen-bond acceptors (Lipinski definition) is 3. The Kier molecular flexibility index (Phi) is 3.23. The number of nitrogens with two attached hydrogens (primary N) is 1. The van der Waals surface area contributed by atoms with Gasteiger partial charge in [-0.05, 0) is 5.41 Å². The Morgan fingerprint density at radius 2 is 2.25 bits per heavy atom. The van der Waals surface area contributed by atoms with Crippen LogP contribution in [0, 0.1) is 22.2 Å². The van der Waals surface area contributed by atoms with Crippen molar-refractivity contribution in [2.24, 2.45) is 5.41 Å². The monoisotopic (exact) mass is 219 g/mol. The van der Waals surface area contributed by atoms with E-state index in [1.807, 2.05) is 6.07 Å². The molecule has 5 N–H and O–H groups in total. The van der Waals surface area contributed by atoms with Gasteiger partial charge in [0.25, 0.3) is 0 Å². The van der Waals surface area contributed by atoms with Crippen LogP contribution in [0.4, 0.5) is 5.82 Å². The van der Waals surface area contributed by atoms with E-state index < -0.39 is 0 Å². The predicted octanol–water partition coefficient (Wildman–Crippen LogP) is 1.43. The van der Waals surface area contributed by atoms with Crippen molar-refractivity contribution in [2.75, 3.05) is 12.3 Å². The molecule has 86 valence electrons. The van der Waals surface area contributed by atoms with Crippen molar-refractivity contribution in [3.8, 4) is 6.07 Å². The van der Waals surface area contributed by atoms with Crippen LogP contribution in [0.15, 0.2) is 6.20 Å². The van der Waals surface area contributed by atoms with Gasteiger partial charge in [0.2, 0.25) is 0 Å². The number of rotatable bonds is 2. The molecule has 16 heavy (non-hydrogen) atoms. The van der Waals surface area contributed by atoms with E-state index in [1.54, 1.807) is 0 Å². The molecule has 1 aromatic rings. The highest BCUT2D eigenvalue weighted by atomic mass is 15.0. The van der Waals surface area contributed by atoms with Gasteiger partial charge in [-0.25, -0.2) is 0 Å². The molecule has 0 aromatic carbocycles. The van der Waals surface area contributed by atoms with Crippen molar-refractivity contribution in [2.45, 2.75) is 20.8 Å². The maximum Gasteiger partial charge on any atom is 0.130 e. The fraction of sp³-hybridized carbons (Fsp3) is 0.455. The second kappa shape index (κ2) is 4.27. The van der Waals surface area contributed by atoms with Crippen LogP contribution in [0.3, 0.4) is 0 Å². The molecule has 0 aliphatic heterocycles. The lowest BCUT2D eigenvalue weighted by Crippen LogP contribution is -2.32. The lowest BCUT2D eigenvalue weighted by molar-refractivity contribution is 0.408. The van der Waals surface area contributed by atoms with Crippen LogP contribution in [0.1, 0.15) is 31.9 Å². The highest BCUT2D eigenvalue weighted by Crippen LogP contribution is 2.16. The average Bonchev–Trinajstić information content (AvgIpc) is 2.55. The van der Waals surface area contributed by atoms with E-state index in [4.69, 9.17) is 16.4 Å². The summed E-state index contributed by atoms with van der Waals surface area (Å²) >= 11 is 0. The van der Waals surface area contributed by atoms with Gasteiger partial charge in [0.1, 0.15) is 17.7 Å². The van der Waals surface area contributed by atoms with Gasteiger partial charge in [-0.3, -0.25) is 5.41 Å². The predicted molar refractivity (Wildman–Crippen MR) is 64.2 cm³/mol. The van der Waals surface area contributed by atoms with Gasteiger partial charge in [-0.15, -0.1) is 0 Å². The molecular weight excluding hydrogens is 202 g/mol. The number of nitrogens with one attached hydrogen (secondary N) is 3. The summed E-state index contributed by atoms with van der Waals surface area (Å²) < 4.78 is 0. The Hall–Kier alpha value is -1.96. The Morgan fingerprint density at radius 1 is 1.62 bits per heavy atom. The summed E-state index contributed by atoms with van der Waals surface area (Å²) in [5, 5.41) is 19.7. The lowest BCUT2D eigenvalue weighted by atomic mass is 9.97. The van der Waals surface area contributed by atoms with E-state index >= 15 is 0 Å². The number of nitrogen functional groups attached to an aromatic ring is 1. The summed E-state index contributed by atoms with van der Waals surface area (Å²) in [6, 6.07) is 2.00. The van der Waals surface area contributed by atoms with Crippen LogP contribution in [-0.4, -0.2) is 17.4 Å². The molecule has 0 radical (unpaired) electrons. The zero-order chi connectivity index (χ0) is 12.3. The molecule has 0 fully saturated rings. The zero-order valence-corrected chi connectivity index (χ0v) is 9.81. The topological polar surface area (TPSA) is 101 Å². The third-order valence-electron chi connectivity index (χ3n) is 2.08. The van der Waals surface area contributed by atoms with Gasteiger partial charge in [0, 0.05) is 12.7 Å². The van der Waals surface area contributed by atoms with Crippen LogP contribution in [0.25, 0.3) is 0 Å². The first-order valence-electron chi connectivity index (χ1n) is 5.05. The van der Waals surface area contributed by atoms with E-state index in [0.29, 0.717) is 23.5 Å². The first kappa shape index (κ1) is 12.1. The Bertz CT molecular complexity index is 430. The third-order valence-corrected chi connectivity index (χ3v) is 2.08. The molecule has 1 rings (SSSR count). The van der Waals surface area contributed by atoms with E-state index in [0.717, 1.165) is 0 Å². The maximum atomic E-state index is 8.86. The van der Waals surface area contributed by atoms with E-state index in [-0.39, 0.29) is 11.3 Å². The third kappa shape index (κ3) is 2.76. The number of anilines is 1. The van der Waals surface area contributed by atoms with Crippen LogP contribution < -0.4 is 11.1 Å². The molecule has 5 nitrogen and oxygen atoms in total. The van der Waals surface area contributed by atoms with E-state index in [9.17, 15) is 0 Å². The molecule has 0 unspecified atom stereocenters. The Labute approximate surface area is 95.2 Å². The lowest BCUT2D eigenvalue weighted by Gasteiger charge is -2.19. The summed E-state index contributed by atoms with van der Waals surface area (Å²) in [6.45, 7) is 6.86. The molecule has 0 amide bonds. The number of H-pyrrole nitrogens is 1. The Morgan fingerprint density at radius 3 is 2.75 bits per heavy atom. The molecule has 0 aliphatic rings. The van der Waals surface area contributed by atoms with Crippen LogP contribution in [-0.2, 0) is 0 Å². The Balaban J connectivity index is 2.82. The summed E-state index contributed by atoms with van der Waals surface area (Å²) in [5.74, 6) is 0.535. The molecule has 0 bridgehead atoms. The van der Waals surface area contributed by atoms with Crippen LogP contribution in [0.5, 0.6) is 0 Å². The number of aromatic nitrogens is 1. The van der Waals surface area contributed by atoms with Crippen molar-refractivity contribution in [1.29, 1.82) is 10.7 Å². The van der Waals surface area contributed by atoms with Gasteiger partial charge < -0.3 is 16.0 Å². The number of nitriles is 1. The normalized spacial score (nSPS) is 10.9. The number of hydrogen-bond donors (Lipinski definition) is 4. The minimum absolute atomic E-state index is 0.0736.